The van der Waals surface area contributed by atoms with Crippen molar-refractivity contribution in [2.45, 2.75) is 13.3 Å². The third kappa shape index (κ3) is 2.31. The molecule has 0 bridgehead atoms. The van der Waals surface area contributed by atoms with E-state index < -0.39 is 11.6 Å². The van der Waals surface area contributed by atoms with Crippen LogP contribution in [0.4, 0.5) is 8.78 Å². The highest BCUT2D eigenvalue weighted by atomic mass is 19.2. The molecule has 0 amide bonds. The number of H-pyrrole nitrogens is 1. The molecule has 1 aromatic carbocycles. The van der Waals surface area contributed by atoms with E-state index in [1.807, 2.05) is 19.1 Å². The molecule has 0 fully saturated rings. The smallest absolute Gasteiger partial charge is 0.177 e. The van der Waals surface area contributed by atoms with Crippen LogP contribution in [0.15, 0.2) is 30.3 Å². The van der Waals surface area contributed by atoms with Gasteiger partial charge in [-0.3, -0.25) is 0 Å². The molecular formula is C14H11F2N3. The van der Waals surface area contributed by atoms with E-state index in [9.17, 15) is 8.78 Å². The highest BCUT2D eigenvalue weighted by molar-refractivity contribution is 5.70. The van der Waals surface area contributed by atoms with Crippen molar-refractivity contribution >= 4 is 11.2 Å². The molecule has 2 heterocycles. The van der Waals surface area contributed by atoms with Crippen molar-refractivity contribution in [1.29, 1.82) is 0 Å². The summed E-state index contributed by atoms with van der Waals surface area (Å²) >= 11 is 0. The molecule has 3 nitrogen and oxygen atoms in total. The van der Waals surface area contributed by atoms with Crippen LogP contribution < -0.4 is 0 Å². The summed E-state index contributed by atoms with van der Waals surface area (Å²) in [6.07, 6.45) is 0.409. The fourth-order valence-electron chi connectivity index (χ4n) is 1.96. The lowest BCUT2D eigenvalue weighted by atomic mass is 10.1. The molecule has 2 aromatic heterocycles. The molecule has 0 aliphatic heterocycles. The zero-order valence-corrected chi connectivity index (χ0v) is 10.2. The molecule has 96 valence electrons. The number of hydrogen-bond acceptors (Lipinski definition) is 2. The third-order valence-corrected chi connectivity index (χ3v) is 2.89. The van der Waals surface area contributed by atoms with E-state index >= 15 is 0 Å². The Hall–Kier alpha value is -2.30. The maximum atomic E-state index is 13.1. The Labute approximate surface area is 108 Å². The van der Waals surface area contributed by atoms with Crippen LogP contribution in [0.1, 0.15) is 17.1 Å². The van der Waals surface area contributed by atoms with Crippen LogP contribution in [0.2, 0.25) is 0 Å². The maximum Gasteiger partial charge on any atom is 0.177 e. The molecule has 3 aromatic rings. The van der Waals surface area contributed by atoms with Gasteiger partial charge in [-0.25, -0.2) is 18.7 Å². The molecule has 0 atom stereocenters. The molecular weight excluding hydrogens is 248 g/mol. The standard InChI is InChI=1S/C14H11F2N3/c1-8-2-5-12-14(17-8)19-13(18-12)7-9-3-4-10(15)11(16)6-9/h2-6H,7H2,1H3,(H,17,18,19). The summed E-state index contributed by atoms with van der Waals surface area (Å²) in [7, 11) is 0. The number of pyridine rings is 1. The number of rotatable bonds is 2. The number of fused-ring (bicyclic) bond motifs is 1. The lowest BCUT2D eigenvalue weighted by molar-refractivity contribution is 0.507. The topological polar surface area (TPSA) is 41.6 Å². The number of benzene rings is 1. The van der Waals surface area contributed by atoms with Gasteiger partial charge in [0.2, 0.25) is 0 Å². The summed E-state index contributed by atoms with van der Waals surface area (Å²) in [6, 6.07) is 7.64. The number of aromatic nitrogens is 3. The molecule has 0 spiro atoms. The van der Waals surface area contributed by atoms with Gasteiger partial charge in [0.05, 0.1) is 5.52 Å². The normalized spacial score (nSPS) is 11.1. The van der Waals surface area contributed by atoms with Crippen molar-refractivity contribution in [3.05, 3.63) is 59.0 Å². The zero-order chi connectivity index (χ0) is 13.4. The molecule has 3 rings (SSSR count). The minimum Gasteiger partial charge on any atom is -0.340 e. The van der Waals surface area contributed by atoms with Gasteiger partial charge in [-0.05, 0) is 36.8 Å². The highest BCUT2D eigenvalue weighted by Gasteiger charge is 2.07. The van der Waals surface area contributed by atoms with Crippen LogP contribution in [0.5, 0.6) is 0 Å². The average Bonchev–Trinajstić information content (AvgIpc) is 2.75. The highest BCUT2D eigenvalue weighted by Crippen LogP contribution is 2.15. The quantitative estimate of drug-likeness (QED) is 0.768. The monoisotopic (exact) mass is 259 g/mol. The second kappa shape index (κ2) is 4.42. The van der Waals surface area contributed by atoms with E-state index in [0.717, 1.165) is 17.3 Å². The Morgan fingerprint density at radius 1 is 1.05 bits per heavy atom. The molecule has 0 saturated heterocycles. The van der Waals surface area contributed by atoms with Crippen LogP contribution in [0.3, 0.4) is 0 Å². The Bertz CT molecular complexity index is 750. The van der Waals surface area contributed by atoms with E-state index in [2.05, 4.69) is 15.0 Å². The minimum absolute atomic E-state index is 0.409. The van der Waals surface area contributed by atoms with Gasteiger partial charge in [-0.1, -0.05) is 6.07 Å². The number of nitrogens with zero attached hydrogens (tertiary/aromatic N) is 2. The van der Waals surface area contributed by atoms with E-state index in [0.29, 0.717) is 23.5 Å². The summed E-state index contributed by atoms with van der Waals surface area (Å²) in [5.74, 6) is -1.01. The Balaban J connectivity index is 1.94. The van der Waals surface area contributed by atoms with Crippen LogP contribution in [-0.4, -0.2) is 15.0 Å². The molecule has 19 heavy (non-hydrogen) atoms. The summed E-state index contributed by atoms with van der Waals surface area (Å²) < 4.78 is 26.0. The Morgan fingerprint density at radius 2 is 1.89 bits per heavy atom. The van der Waals surface area contributed by atoms with Gasteiger partial charge in [-0.2, -0.15) is 0 Å². The number of aromatic amines is 1. The molecule has 0 aliphatic rings. The predicted molar refractivity (Wildman–Crippen MR) is 67.8 cm³/mol. The fourth-order valence-corrected chi connectivity index (χ4v) is 1.96. The van der Waals surface area contributed by atoms with Crippen LogP contribution in [0, 0.1) is 18.6 Å². The Morgan fingerprint density at radius 3 is 2.68 bits per heavy atom. The lowest BCUT2D eigenvalue weighted by Gasteiger charge is -1.99. The third-order valence-electron chi connectivity index (χ3n) is 2.89. The average molecular weight is 259 g/mol. The number of hydrogen-bond donors (Lipinski definition) is 1. The molecule has 5 heteroatoms. The molecule has 0 radical (unpaired) electrons. The molecule has 0 aliphatic carbocycles. The van der Waals surface area contributed by atoms with E-state index in [-0.39, 0.29) is 0 Å². The van der Waals surface area contributed by atoms with Gasteiger partial charge in [0.25, 0.3) is 0 Å². The predicted octanol–water partition coefficient (Wildman–Crippen LogP) is 3.14. The first-order chi connectivity index (χ1) is 9.11. The summed E-state index contributed by atoms with van der Waals surface area (Å²) in [5.41, 5.74) is 3.02. The maximum absolute atomic E-state index is 13.1. The van der Waals surface area contributed by atoms with E-state index in [1.165, 1.54) is 6.07 Å². The van der Waals surface area contributed by atoms with Crippen molar-refractivity contribution in [3.63, 3.8) is 0 Å². The first-order valence-electron chi connectivity index (χ1n) is 5.88. The molecule has 0 saturated carbocycles. The van der Waals surface area contributed by atoms with Gasteiger partial charge in [0.1, 0.15) is 5.82 Å². The van der Waals surface area contributed by atoms with Crippen molar-refractivity contribution < 1.29 is 8.78 Å². The number of aryl methyl sites for hydroxylation is 1. The van der Waals surface area contributed by atoms with Gasteiger partial charge >= 0.3 is 0 Å². The largest absolute Gasteiger partial charge is 0.340 e. The molecule has 0 unspecified atom stereocenters. The molecule has 1 N–H and O–H groups in total. The van der Waals surface area contributed by atoms with Crippen molar-refractivity contribution in [2.24, 2.45) is 0 Å². The second-order valence-electron chi connectivity index (χ2n) is 4.43. The van der Waals surface area contributed by atoms with Crippen LogP contribution >= 0.6 is 0 Å². The van der Waals surface area contributed by atoms with Crippen LogP contribution in [-0.2, 0) is 6.42 Å². The fraction of sp³-hybridized carbons (Fsp3) is 0.143. The van der Waals surface area contributed by atoms with Crippen LogP contribution in [0.25, 0.3) is 11.2 Å². The first kappa shape index (κ1) is 11.8. The zero-order valence-electron chi connectivity index (χ0n) is 10.2. The van der Waals surface area contributed by atoms with Crippen molar-refractivity contribution in [3.8, 4) is 0 Å². The summed E-state index contributed by atoms with van der Waals surface area (Å²) in [4.78, 5) is 11.7. The van der Waals surface area contributed by atoms with Crippen molar-refractivity contribution in [1.82, 2.24) is 15.0 Å². The first-order valence-corrected chi connectivity index (χ1v) is 5.88. The van der Waals surface area contributed by atoms with E-state index in [1.54, 1.807) is 6.07 Å². The summed E-state index contributed by atoms with van der Waals surface area (Å²) in [6.45, 7) is 1.89. The number of halogens is 2. The van der Waals surface area contributed by atoms with Gasteiger partial charge < -0.3 is 4.98 Å². The van der Waals surface area contributed by atoms with Gasteiger partial charge in [0.15, 0.2) is 17.3 Å². The SMILES string of the molecule is Cc1ccc2[nH]c(Cc3ccc(F)c(F)c3)nc2n1. The lowest BCUT2D eigenvalue weighted by Crippen LogP contribution is -1.93. The second-order valence-corrected chi connectivity index (χ2v) is 4.43. The van der Waals surface area contributed by atoms with Crippen molar-refractivity contribution in [2.75, 3.05) is 0 Å². The van der Waals surface area contributed by atoms with Gasteiger partial charge in [0, 0.05) is 12.1 Å². The summed E-state index contributed by atoms with van der Waals surface area (Å²) in [5, 5.41) is 0. The number of nitrogens with one attached hydrogen (secondary N) is 1. The number of imidazole rings is 1. The Kier molecular flexibility index (Phi) is 2.74. The van der Waals surface area contributed by atoms with E-state index in [4.69, 9.17) is 0 Å². The minimum atomic E-state index is -0.845. The van der Waals surface area contributed by atoms with Gasteiger partial charge in [-0.15, -0.1) is 0 Å².